The number of carbonyl (C=O) groups excluding carboxylic acids is 1. The Morgan fingerprint density at radius 3 is 2.22 bits per heavy atom. The zero-order chi connectivity index (χ0) is 13.7. The second-order valence-corrected chi connectivity index (χ2v) is 5.88. The number of Topliss-reactive ketones (excluding diaryl/α,β-unsaturated/α-hetero) is 1. The van der Waals surface area contributed by atoms with Gasteiger partial charge >= 0.3 is 8.03 Å². The quantitative estimate of drug-likeness (QED) is 0.485. The van der Waals surface area contributed by atoms with Crippen LogP contribution in [-0.2, 0) is 4.57 Å². The highest BCUT2D eigenvalue weighted by Crippen LogP contribution is 2.20. The lowest BCUT2D eigenvalue weighted by molar-refractivity contribution is 0.0978. The first-order valence-corrected chi connectivity index (χ1v) is 7.56. The zero-order valence-corrected chi connectivity index (χ0v) is 12.1. The van der Waals surface area contributed by atoms with Gasteiger partial charge < -0.3 is 0 Å². The van der Waals surface area contributed by atoms with Crippen molar-refractivity contribution in [1.29, 1.82) is 0 Å². The first kappa shape index (κ1) is 15.0. The SMILES string of the molecule is Cc1cc(C)c(C(=O)CCCC[P+](=O)O)c(C)c1. The number of aryl methyl sites for hydroxylation is 3. The van der Waals surface area contributed by atoms with Gasteiger partial charge in [-0.05, 0) is 49.3 Å². The van der Waals surface area contributed by atoms with E-state index in [1.54, 1.807) is 0 Å². The molecule has 0 saturated heterocycles. The van der Waals surface area contributed by atoms with Gasteiger partial charge in [-0.15, -0.1) is 0 Å². The van der Waals surface area contributed by atoms with E-state index in [9.17, 15) is 9.36 Å². The molecule has 1 aromatic carbocycles. The fourth-order valence-corrected chi connectivity index (χ4v) is 2.77. The van der Waals surface area contributed by atoms with Crippen LogP contribution in [0.2, 0.25) is 0 Å². The topological polar surface area (TPSA) is 54.4 Å². The molecule has 4 heteroatoms. The van der Waals surface area contributed by atoms with Crippen LogP contribution < -0.4 is 0 Å². The van der Waals surface area contributed by atoms with Gasteiger partial charge in [-0.2, -0.15) is 4.89 Å². The summed E-state index contributed by atoms with van der Waals surface area (Å²) < 4.78 is 10.5. The third-order valence-corrected chi connectivity index (χ3v) is 3.66. The third-order valence-electron chi connectivity index (χ3n) is 2.96. The van der Waals surface area contributed by atoms with Crippen LogP contribution in [0.3, 0.4) is 0 Å². The van der Waals surface area contributed by atoms with Crippen LogP contribution in [0, 0.1) is 20.8 Å². The number of unbranched alkanes of at least 4 members (excludes halogenated alkanes) is 1. The molecule has 1 aromatic rings. The van der Waals surface area contributed by atoms with Gasteiger partial charge in [0.1, 0.15) is 0 Å². The first-order valence-electron chi connectivity index (χ1n) is 6.16. The molecule has 18 heavy (non-hydrogen) atoms. The fourth-order valence-electron chi connectivity index (χ4n) is 2.28. The Kier molecular flexibility index (Phi) is 5.64. The van der Waals surface area contributed by atoms with E-state index in [1.807, 2.05) is 32.9 Å². The van der Waals surface area contributed by atoms with Crippen LogP contribution in [0.15, 0.2) is 12.1 Å². The molecule has 3 nitrogen and oxygen atoms in total. The lowest BCUT2D eigenvalue weighted by atomic mass is 9.94. The van der Waals surface area contributed by atoms with Crippen molar-refractivity contribution >= 4 is 13.8 Å². The Balaban J connectivity index is 2.65. The zero-order valence-electron chi connectivity index (χ0n) is 11.2. The van der Waals surface area contributed by atoms with Gasteiger partial charge in [0.25, 0.3) is 0 Å². The molecule has 1 unspecified atom stereocenters. The molecular formula is C14H20O3P+. The van der Waals surface area contributed by atoms with Gasteiger partial charge in [0.05, 0.1) is 0 Å². The smallest absolute Gasteiger partial charge is 0.294 e. The normalized spacial score (nSPS) is 11.4. The standard InChI is InChI=1S/C14H19O3P/c1-10-8-11(2)14(12(3)9-10)13(15)6-4-5-7-18(16)17/h8-9H,4-7H2,1-3H3/p+1. The Hall–Kier alpha value is -1.05. The highest BCUT2D eigenvalue weighted by Gasteiger charge is 2.14. The molecule has 0 aliphatic heterocycles. The molecule has 0 heterocycles. The van der Waals surface area contributed by atoms with Crippen molar-refractivity contribution in [2.75, 3.05) is 6.16 Å². The average molecular weight is 267 g/mol. The molecule has 0 spiro atoms. The Morgan fingerprint density at radius 1 is 1.17 bits per heavy atom. The maximum absolute atomic E-state index is 12.1. The monoisotopic (exact) mass is 267 g/mol. The van der Waals surface area contributed by atoms with Gasteiger partial charge in [0.15, 0.2) is 11.9 Å². The van der Waals surface area contributed by atoms with Crippen molar-refractivity contribution < 1.29 is 14.3 Å². The molecule has 0 saturated carbocycles. The molecule has 1 atom stereocenters. The first-order chi connectivity index (χ1) is 8.41. The molecule has 0 bridgehead atoms. The van der Waals surface area contributed by atoms with E-state index < -0.39 is 8.03 Å². The van der Waals surface area contributed by atoms with E-state index in [1.165, 1.54) is 5.56 Å². The van der Waals surface area contributed by atoms with Gasteiger partial charge in [-0.3, -0.25) is 4.79 Å². The minimum atomic E-state index is -2.06. The van der Waals surface area contributed by atoms with E-state index in [0.717, 1.165) is 16.7 Å². The molecule has 0 fully saturated rings. The van der Waals surface area contributed by atoms with Crippen LogP contribution in [-0.4, -0.2) is 16.8 Å². The summed E-state index contributed by atoms with van der Waals surface area (Å²) in [5.41, 5.74) is 4.02. The van der Waals surface area contributed by atoms with Crippen LogP contribution in [0.4, 0.5) is 0 Å². The largest absolute Gasteiger partial charge is 0.505 e. The summed E-state index contributed by atoms with van der Waals surface area (Å²) in [7, 11) is -2.06. The van der Waals surface area contributed by atoms with Gasteiger partial charge in [0, 0.05) is 12.0 Å². The predicted octanol–water partition coefficient (Wildman–Crippen LogP) is 3.70. The Bertz CT molecular complexity index is 443. The van der Waals surface area contributed by atoms with Crippen molar-refractivity contribution in [2.45, 2.75) is 40.0 Å². The molecule has 1 rings (SSSR count). The summed E-state index contributed by atoms with van der Waals surface area (Å²) in [4.78, 5) is 20.8. The van der Waals surface area contributed by atoms with E-state index >= 15 is 0 Å². The van der Waals surface area contributed by atoms with Crippen molar-refractivity contribution in [3.05, 3.63) is 34.4 Å². The second kappa shape index (κ2) is 6.77. The summed E-state index contributed by atoms with van der Waals surface area (Å²) in [5, 5.41) is 0. The Morgan fingerprint density at radius 2 is 1.72 bits per heavy atom. The molecule has 1 N–H and O–H groups in total. The van der Waals surface area contributed by atoms with E-state index in [0.29, 0.717) is 19.3 Å². The van der Waals surface area contributed by atoms with Crippen molar-refractivity contribution in [2.24, 2.45) is 0 Å². The number of benzene rings is 1. The summed E-state index contributed by atoms with van der Waals surface area (Å²) in [6.45, 7) is 5.93. The van der Waals surface area contributed by atoms with Crippen molar-refractivity contribution in [3.8, 4) is 0 Å². The highest BCUT2D eigenvalue weighted by molar-refractivity contribution is 7.37. The minimum absolute atomic E-state index is 0.137. The number of hydrogen-bond donors (Lipinski definition) is 1. The van der Waals surface area contributed by atoms with Crippen LogP contribution in [0.5, 0.6) is 0 Å². The van der Waals surface area contributed by atoms with Crippen molar-refractivity contribution in [1.82, 2.24) is 0 Å². The summed E-state index contributed by atoms with van der Waals surface area (Å²) >= 11 is 0. The Labute approximate surface area is 109 Å². The van der Waals surface area contributed by atoms with Crippen LogP contribution in [0.25, 0.3) is 0 Å². The van der Waals surface area contributed by atoms with Gasteiger partial charge in [0.2, 0.25) is 0 Å². The van der Waals surface area contributed by atoms with Crippen molar-refractivity contribution in [3.63, 3.8) is 0 Å². The van der Waals surface area contributed by atoms with E-state index in [2.05, 4.69) is 0 Å². The molecular weight excluding hydrogens is 247 g/mol. The molecule has 0 aromatic heterocycles. The lowest BCUT2D eigenvalue weighted by Gasteiger charge is -2.09. The number of ketones is 1. The summed E-state index contributed by atoms with van der Waals surface area (Å²) in [6.07, 6.45) is 2.04. The van der Waals surface area contributed by atoms with E-state index in [4.69, 9.17) is 4.89 Å². The maximum Gasteiger partial charge on any atom is 0.505 e. The molecule has 98 valence electrons. The average Bonchev–Trinajstić information content (AvgIpc) is 2.22. The number of rotatable bonds is 6. The highest BCUT2D eigenvalue weighted by atomic mass is 31.1. The second-order valence-electron chi connectivity index (χ2n) is 4.73. The fraction of sp³-hybridized carbons (Fsp3) is 0.500. The summed E-state index contributed by atoms with van der Waals surface area (Å²) in [6, 6.07) is 4.04. The summed E-state index contributed by atoms with van der Waals surface area (Å²) in [5.74, 6) is 0.137. The molecule has 0 aliphatic carbocycles. The van der Waals surface area contributed by atoms with E-state index in [-0.39, 0.29) is 11.9 Å². The number of hydrogen-bond acceptors (Lipinski definition) is 2. The lowest BCUT2D eigenvalue weighted by Crippen LogP contribution is -2.05. The molecule has 0 amide bonds. The molecule has 0 radical (unpaired) electrons. The minimum Gasteiger partial charge on any atom is -0.294 e. The predicted molar refractivity (Wildman–Crippen MR) is 73.5 cm³/mol. The van der Waals surface area contributed by atoms with Crippen LogP contribution >= 0.6 is 8.03 Å². The van der Waals surface area contributed by atoms with Gasteiger partial charge in [-0.1, -0.05) is 17.7 Å². The number of carbonyl (C=O) groups is 1. The van der Waals surface area contributed by atoms with Gasteiger partial charge in [-0.25, -0.2) is 0 Å². The maximum atomic E-state index is 12.1. The van der Waals surface area contributed by atoms with Crippen LogP contribution in [0.1, 0.15) is 46.3 Å². The molecule has 0 aliphatic rings. The third kappa shape index (κ3) is 4.32.